The number of hydrogen-bond donors (Lipinski definition) is 1. The second-order valence-electron chi connectivity index (χ2n) is 5.20. The summed E-state index contributed by atoms with van der Waals surface area (Å²) in [4.78, 5) is 2.48. The summed E-state index contributed by atoms with van der Waals surface area (Å²) in [7, 11) is 0. The zero-order chi connectivity index (χ0) is 13.3. The smallest absolute Gasteiger partial charge is 0.0454 e. The number of hydrogen-bond acceptors (Lipinski definition) is 2. The van der Waals surface area contributed by atoms with Crippen molar-refractivity contribution in [2.45, 2.75) is 38.9 Å². The molecule has 3 atom stereocenters. The molecule has 1 saturated heterocycles. The van der Waals surface area contributed by atoms with E-state index < -0.39 is 0 Å². The van der Waals surface area contributed by atoms with Crippen molar-refractivity contribution in [3.8, 4) is 0 Å². The van der Waals surface area contributed by atoms with Gasteiger partial charge in [-0.1, -0.05) is 23.2 Å². The summed E-state index contributed by atoms with van der Waals surface area (Å²) in [6.07, 6.45) is 0. The van der Waals surface area contributed by atoms with Crippen molar-refractivity contribution >= 4 is 23.2 Å². The number of piperazine rings is 1. The van der Waals surface area contributed by atoms with Crippen molar-refractivity contribution in [1.82, 2.24) is 10.2 Å². The van der Waals surface area contributed by atoms with Crippen LogP contribution in [0.1, 0.15) is 32.4 Å². The Bertz CT molecular complexity index is 422. The average Bonchev–Trinajstić information content (AvgIpc) is 2.34. The normalized spacial score (nSPS) is 27.2. The zero-order valence-electron chi connectivity index (χ0n) is 11.1. The average molecular weight is 287 g/mol. The van der Waals surface area contributed by atoms with Gasteiger partial charge in [0.2, 0.25) is 0 Å². The fourth-order valence-electron chi connectivity index (χ4n) is 2.60. The summed E-state index contributed by atoms with van der Waals surface area (Å²) >= 11 is 12.4. The molecule has 4 heteroatoms. The first-order valence-electron chi connectivity index (χ1n) is 6.43. The van der Waals surface area contributed by atoms with Crippen LogP contribution in [-0.2, 0) is 0 Å². The van der Waals surface area contributed by atoms with Crippen molar-refractivity contribution in [3.63, 3.8) is 0 Å². The van der Waals surface area contributed by atoms with Crippen LogP contribution < -0.4 is 5.32 Å². The molecule has 100 valence electrons. The van der Waals surface area contributed by atoms with E-state index in [2.05, 4.69) is 31.0 Å². The first-order chi connectivity index (χ1) is 8.49. The lowest BCUT2D eigenvalue weighted by Crippen LogP contribution is -2.54. The molecule has 1 aromatic rings. The van der Waals surface area contributed by atoms with Gasteiger partial charge in [0.25, 0.3) is 0 Å². The lowest BCUT2D eigenvalue weighted by atomic mass is 10.0. The van der Waals surface area contributed by atoms with E-state index >= 15 is 0 Å². The van der Waals surface area contributed by atoms with Crippen molar-refractivity contribution in [3.05, 3.63) is 33.8 Å². The molecule has 1 heterocycles. The van der Waals surface area contributed by atoms with E-state index in [1.807, 2.05) is 18.2 Å². The van der Waals surface area contributed by atoms with Crippen LogP contribution in [0.25, 0.3) is 0 Å². The summed E-state index contributed by atoms with van der Waals surface area (Å²) in [5.41, 5.74) is 1.12. The van der Waals surface area contributed by atoms with Crippen molar-refractivity contribution < 1.29 is 0 Å². The Morgan fingerprint density at radius 2 is 2.06 bits per heavy atom. The minimum absolute atomic E-state index is 0.288. The highest BCUT2D eigenvalue weighted by atomic mass is 35.5. The molecule has 0 amide bonds. The number of nitrogens with zero attached hydrogens (tertiary/aromatic N) is 1. The number of rotatable bonds is 2. The Labute approximate surface area is 119 Å². The summed E-state index contributed by atoms with van der Waals surface area (Å²) in [6.45, 7) is 8.71. The van der Waals surface area contributed by atoms with Gasteiger partial charge in [0.15, 0.2) is 0 Å². The molecular weight excluding hydrogens is 267 g/mol. The van der Waals surface area contributed by atoms with E-state index in [0.717, 1.165) is 28.7 Å². The van der Waals surface area contributed by atoms with Gasteiger partial charge in [-0.05, 0) is 44.5 Å². The third-order valence-electron chi connectivity index (χ3n) is 3.72. The van der Waals surface area contributed by atoms with Gasteiger partial charge in [-0.3, -0.25) is 4.90 Å². The molecule has 1 N–H and O–H groups in total. The van der Waals surface area contributed by atoms with Crippen molar-refractivity contribution in [2.75, 3.05) is 13.1 Å². The Balaban J connectivity index is 2.23. The van der Waals surface area contributed by atoms with Crippen LogP contribution in [0, 0.1) is 0 Å². The predicted octanol–water partition coefficient (Wildman–Crippen LogP) is 3.74. The van der Waals surface area contributed by atoms with Crippen LogP contribution in [0.15, 0.2) is 18.2 Å². The quantitative estimate of drug-likeness (QED) is 0.891. The van der Waals surface area contributed by atoms with Gasteiger partial charge >= 0.3 is 0 Å². The Morgan fingerprint density at radius 1 is 1.33 bits per heavy atom. The lowest BCUT2D eigenvalue weighted by Gasteiger charge is -2.41. The predicted molar refractivity (Wildman–Crippen MR) is 78.5 cm³/mol. The van der Waals surface area contributed by atoms with Crippen LogP contribution >= 0.6 is 23.2 Å². The molecule has 0 bridgehead atoms. The Kier molecular flexibility index (Phi) is 4.54. The number of halogens is 2. The van der Waals surface area contributed by atoms with Gasteiger partial charge in [0.1, 0.15) is 0 Å². The molecule has 18 heavy (non-hydrogen) atoms. The summed E-state index contributed by atoms with van der Waals surface area (Å²) in [5.74, 6) is 0. The highest BCUT2D eigenvalue weighted by Gasteiger charge is 2.28. The molecule has 1 fully saturated rings. The van der Waals surface area contributed by atoms with Crippen LogP contribution in [0.5, 0.6) is 0 Å². The topological polar surface area (TPSA) is 15.3 Å². The molecule has 2 nitrogen and oxygen atoms in total. The van der Waals surface area contributed by atoms with E-state index in [1.165, 1.54) is 0 Å². The maximum absolute atomic E-state index is 6.29. The molecule has 2 rings (SSSR count). The summed E-state index contributed by atoms with van der Waals surface area (Å²) in [6, 6.07) is 7.01. The third kappa shape index (κ3) is 3.00. The SMILES string of the molecule is CC1CN(C(C)c2cc(Cl)ccc2Cl)C(C)CN1. The molecule has 1 aliphatic rings. The largest absolute Gasteiger partial charge is 0.311 e. The van der Waals surface area contributed by atoms with Crippen LogP contribution in [0.4, 0.5) is 0 Å². The summed E-state index contributed by atoms with van der Waals surface area (Å²) < 4.78 is 0. The maximum atomic E-state index is 6.29. The zero-order valence-corrected chi connectivity index (χ0v) is 12.6. The maximum Gasteiger partial charge on any atom is 0.0454 e. The van der Waals surface area contributed by atoms with E-state index in [9.17, 15) is 0 Å². The van der Waals surface area contributed by atoms with E-state index in [-0.39, 0.29) is 6.04 Å². The molecular formula is C14H20Cl2N2. The summed E-state index contributed by atoms with van der Waals surface area (Å²) in [5, 5.41) is 5.04. The van der Waals surface area contributed by atoms with Crippen LogP contribution in [-0.4, -0.2) is 30.1 Å². The minimum Gasteiger partial charge on any atom is -0.311 e. The molecule has 0 radical (unpaired) electrons. The van der Waals surface area contributed by atoms with Gasteiger partial charge in [-0.25, -0.2) is 0 Å². The van der Waals surface area contributed by atoms with Crippen molar-refractivity contribution in [2.24, 2.45) is 0 Å². The monoisotopic (exact) mass is 286 g/mol. The highest BCUT2D eigenvalue weighted by molar-refractivity contribution is 6.33. The minimum atomic E-state index is 0.288. The van der Waals surface area contributed by atoms with Crippen LogP contribution in [0.2, 0.25) is 10.0 Å². The lowest BCUT2D eigenvalue weighted by molar-refractivity contribution is 0.103. The van der Waals surface area contributed by atoms with Gasteiger partial charge in [-0.15, -0.1) is 0 Å². The second-order valence-corrected chi connectivity index (χ2v) is 6.04. The van der Waals surface area contributed by atoms with E-state index in [0.29, 0.717) is 12.1 Å². The number of benzene rings is 1. The third-order valence-corrected chi connectivity index (χ3v) is 4.30. The Morgan fingerprint density at radius 3 is 2.78 bits per heavy atom. The van der Waals surface area contributed by atoms with E-state index in [4.69, 9.17) is 23.2 Å². The van der Waals surface area contributed by atoms with Crippen LogP contribution in [0.3, 0.4) is 0 Å². The van der Waals surface area contributed by atoms with Gasteiger partial charge < -0.3 is 5.32 Å². The van der Waals surface area contributed by atoms with Crippen molar-refractivity contribution in [1.29, 1.82) is 0 Å². The van der Waals surface area contributed by atoms with Gasteiger partial charge in [0.05, 0.1) is 0 Å². The molecule has 1 aliphatic heterocycles. The molecule has 3 unspecified atom stereocenters. The number of nitrogens with one attached hydrogen (secondary N) is 1. The van der Waals surface area contributed by atoms with E-state index in [1.54, 1.807) is 0 Å². The highest BCUT2D eigenvalue weighted by Crippen LogP contribution is 2.31. The molecule has 0 aromatic heterocycles. The van der Waals surface area contributed by atoms with Gasteiger partial charge in [0, 0.05) is 41.3 Å². The molecule has 0 spiro atoms. The molecule has 0 saturated carbocycles. The first-order valence-corrected chi connectivity index (χ1v) is 7.18. The molecule has 0 aliphatic carbocycles. The molecule has 1 aromatic carbocycles. The Hall–Kier alpha value is -0.280. The fraction of sp³-hybridized carbons (Fsp3) is 0.571. The first kappa shape index (κ1) is 14.1. The standard InChI is InChI=1S/C14H20Cl2N2/c1-9-8-18(10(2)7-17-9)11(3)13-6-12(15)4-5-14(13)16/h4-6,9-11,17H,7-8H2,1-3H3. The van der Waals surface area contributed by atoms with Gasteiger partial charge in [-0.2, -0.15) is 0 Å². The fourth-order valence-corrected chi connectivity index (χ4v) is 3.06. The second kappa shape index (κ2) is 5.79.